The lowest BCUT2D eigenvalue weighted by Crippen LogP contribution is -2.54. The Hall–Kier alpha value is -2.47. The van der Waals surface area contributed by atoms with Gasteiger partial charge in [0.1, 0.15) is 0 Å². The van der Waals surface area contributed by atoms with Crippen LogP contribution in [0, 0.1) is 0 Å². The highest BCUT2D eigenvalue weighted by molar-refractivity contribution is 5.81. The summed E-state index contributed by atoms with van der Waals surface area (Å²) in [7, 11) is 0. The zero-order chi connectivity index (χ0) is 17.6. The maximum atomic E-state index is 12.6. The minimum absolute atomic E-state index is 0.00941. The number of anilines is 1. The molecule has 1 fully saturated rings. The molecule has 3 rings (SSSR count). The number of hydrogen-bond acceptors (Lipinski definition) is 5. The first-order chi connectivity index (χ1) is 12.1. The number of nitrogens with one attached hydrogen (secondary N) is 1. The average molecular weight is 339 g/mol. The second-order valence-corrected chi connectivity index (χ2v) is 6.39. The van der Waals surface area contributed by atoms with Gasteiger partial charge in [0.15, 0.2) is 0 Å². The van der Waals surface area contributed by atoms with Gasteiger partial charge >= 0.3 is 0 Å². The van der Waals surface area contributed by atoms with Crippen LogP contribution in [-0.4, -0.2) is 53.0 Å². The molecule has 1 N–H and O–H groups in total. The van der Waals surface area contributed by atoms with Crippen molar-refractivity contribution in [2.45, 2.75) is 25.9 Å². The second kappa shape index (κ2) is 8.07. The molecule has 1 aliphatic rings. The molecule has 2 unspecified atom stereocenters. The lowest BCUT2D eigenvalue weighted by atomic mass is 10.1. The van der Waals surface area contributed by atoms with Gasteiger partial charge in [0.05, 0.1) is 12.1 Å². The molecule has 2 heterocycles. The summed E-state index contributed by atoms with van der Waals surface area (Å²) in [6.45, 7) is 7.30. The standard InChI is InChI=1S/C19H25N5O/c1-15(17-7-4-3-5-8-17)22-18(25)16(2)23-11-13-24(14-12-23)19-20-9-6-10-21-19/h3-10,15-16H,11-14H2,1-2H3,(H,22,25). The number of hydrogen-bond donors (Lipinski definition) is 1. The van der Waals surface area contributed by atoms with Crippen LogP contribution in [0.25, 0.3) is 0 Å². The van der Waals surface area contributed by atoms with Crippen LogP contribution < -0.4 is 10.2 Å². The monoisotopic (exact) mass is 339 g/mol. The Labute approximate surface area is 148 Å². The molecule has 6 heteroatoms. The van der Waals surface area contributed by atoms with Crippen LogP contribution in [-0.2, 0) is 4.79 Å². The molecule has 2 atom stereocenters. The van der Waals surface area contributed by atoms with E-state index in [2.05, 4.69) is 25.1 Å². The summed E-state index contributed by atoms with van der Waals surface area (Å²) in [6, 6.07) is 11.7. The molecule has 2 aromatic rings. The smallest absolute Gasteiger partial charge is 0.237 e. The largest absolute Gasteiger partial charge is 0.348 e. The molecule has 0 saturated carbocycles. The molecule has 1 aromatic heterocycles. The van der Waals surface area contributed by atoms with E-state index in [0.29, 0.717) is 0 Å². The first kappa shape index (κ1) is 17.4. The SMILES string of the molecule is CC(NC(=O)C(C)N1CCN(c2ncccn2)CC1)c1ccccc1. The molecule has 0 radical (unpaired) electrons. The quantitative estimate of drug-likeness (QED) is 0.901. The van der Waals surface area contributed by atoms with Crippen molar-refractivity contribution in [1.82, 2.24) is 20.2 Å². The summed E-state index contributed by atoms with van der Waals surface area (Å²) < 4.78 is 0. The van der Waals surface area contributed by atoms with E-state index in [4.69, 9.17) is 0 Å². The van der Waals surface area contributed by atoms with E-state index in [1.54, 1.807) is 12.4 Å². The van der Waals surface area contributed by atoms with Gasteiger partial charge in [0.2, 0.25) is 11.9 Å². The predicted octanol–water partition coefficient (Wildman–Crippen LogP) is 1.86. The fourth-order valence-corrected chi connectivity index (χ4v) is 3.09. The summed E-state index contributed by atoms with van der Waals surface area (Å²) in [6.07, 6.45) is 3.52. The average Bonchev–Trinajstić information content (AvgIpc) is 2.69. The van der Waals surface area contributed by atoms with Gasteiger partial charge in [-0.15, -0.1) is 0 Å². The minimum Gasteiger partial charge on any atom is -0.348 e. The van der Waals surface area contributed by atoms with Crippen LogP contribution in [0.5, 0.6) is 0 Å². The Morgan fingerprint density at radius 3 is 2.28 bits per heavy atom. The van der Waals surface area contributed by atoms with E-state index in [0.717, 1.165) is 37.7 Å². The summed E-state index contributed by atoms with van der Waals surface area (Å²) in [5.41, 5.74) is 1.12. The second-order valence-electron chi connectivity index (χ2n) is 6.39. The van der Waals surface area contributed by atoms with E-state index < -0.39 is 0 Å². The highest BCUT2D eigenvalue weighted by atomic mass is 16.2. The minimum atomic E-state index is -0.148. The zero-order valence-electron chi connectivity index (χ0n) is 14.8. The highest BCUT2D eigenvalue weighted by Gasteiger charge is 2.27. The van der Waals surface area contributed by atoms with Gasteiger partial charge in [-0.25, -0.2) is 9.97 Å². The molecule has 1 aliphatic heterocycles. The van der Waals surface area contributed by atoms with Crippen molar-refractivity contribution in [2.75, 3.05) is 31.1 Å². The van der Waals surface area contributed by atoms with Gasteiger partial charge in [-0.3, -0.25) is 9.69 Å². The Kier molecular flexibility index (Phi) is 5.60. The molecular weight excluding hydrogens is 314 g/mol. The summed E-state index contributed by atoms with van der Waals surface area (Å²) in [4.78, 5) is 25.6. The fourth-order valence-electron chi connectivity index (χ4n) is 3.09. The van der Waals surface area contributed by atoms with Gasteiger partial charge in [0.25, 0.3) is 0 Å². The van der Waals surface area contributed by atoms with Gasteiger partial charge in [-0.05, 0) is 25.5 Å². The van der Waals surface area contributed by atoms with E-state index in [1.165, 1.54) is 0 Å². The summed E-state index contributed by atoms with van der Waals surface area (Å²) in [5, 5.41) is 3.12. The maximum absolute atomic E-state index is 12.6. The van der Waals surface area contributed by atoms with Crippen LogP contribution >= 0.6 is 0 Å². The first-order valence-corrected chi connectivity index (χ1v) is 8.76. The van der Waals surface area contributed by atoms with E-state index in [-0.39, 0.29) is 18.0 Å². The lowest BCUT2D eigenvalue weighted by Gasteiger charge is -2.37. The van der Waals surface area contributed by atoms with Crippen molar-refractivity contribution < 1.29 is 4.79 Å². The number of carbonyl (C=O) groups is 1. The third-order valence-corrected chi connectivity index (χ3v) is 4.73. The Morgan fingerprint density at radius 1 is 1.00 bits per heavy atom. The maximum Gasteiger partial charge on any atom is 0.237 e. The fraction of sp³-hybridized carbons (Fsp3) is 0.421. The van der Waals surface area contributed by atoms with Crippen LogP contribution in [0.3, 0.4) is 0 Å². The van der Waals surface area contributed by atoms with Crippen molar-refractivity contribution in [1.29, 1.82) is 0 Å². The number of aromatic nitrogens is 2. The number of benzene rings is 1. The molecular formula is C19H25N5O. The number of piperazine rings is 1. The third-order valence-electron chi connectivity index (χ3n) is 4.73. The van der Waals surface area contributed by atoms with Gasteiger partial charge in [-0.2, -0.15) is 0 Å². The summed E-state index contributed by atoms with van der Waals surface area (Å²) >= 11 is 0. The molecule has 0 aliphatic carbocycles. The predicted molar refractivity (Wildman–Crippen MR) is 98.3 cm³/mol. The van der Waals surface area contributed by atoms with Crippen LogP contribution in [0.15, 0.2) is 48.8 Å². The number of carbonyl (C=O) groups excluding carboxylic acids is 1. The normalized spacial score (nSPS) is 17.8. The Balaban J connectivity index is 1.52. The Morgan fingerprint density at radius 2 is 1.64 bits per heavy atom. The molecule has 6 nitrogen and oxygen atoms in total. The highest BCUT2D eigenvalue weighted by Crippen LogP contribution is 2.14. The molecule has 0 bridgehead atoms. The third kappa shape index (κ3) is 4.33. The molecule has 1 saturated heterocycles. The van der Waals surface area contributed by atoms with Crippen LogP contribution in [0.2, 0.25) is 0 Å². The molecule has 1 aromatic carbocycles. The number of nitrogens with zero attached hydrogens (tertiary/aromatic N) is 4. The van der Waals surface area contributed by atoms with Crippen molar-refractivity contribution in [3.05, 3.63) is 54.4 Å². The first-order valence-electron chi connectivity index (χ1n) is 8.76. The van der Waals surface area contributed by atoms with Gasteiger partial charge in [-0.1, -0.05) is 30.3 Å². The van der Waals surface area contributed by atoms with Crippen molar-refractivity contribution in [3.8, 4) is 0 Å². The van der Waals surface area contributed by atoms with Crippen molar-refractivity contribution in [2.24, 2.45) is 0 Å². The molecule has 132 valence electrons. The number of rotatable bonds is 5. The summed E-state index contributed by atoms with van der Waals surface area (Å²) in [5.74, 6) is 0.831. The molecule has 25 heavy (non-hydrogen) atoms. The Bertz CT molecular complexity index is 671. The van der Waals surface area contributed by atoms with Crippen LogP contribution in [0.1, 0.15) is 25.5 Å². The van der Waals surface area contributed by atoms with Crippen LogP contribution in [0.4, 0.5) is 5.95 Å². The van der Waals surface area contributed by atoms with E-state index >= 15 is 0 Å². The van der Waals surface area contributed by atoms with E-state index in [9.17, 15) is 4.79 Å². The van der Waals surface area contributed by atoms with E-state index in [1.807, 2.05) is 50.2 Å². The van der Waals surface area contributed by atoms with Gasteiger partial charge in [0, 0.05) is 38.6 Å². The zero-order valence-corrected chi connectivity index (χ0v) is 14.8. The number of amides is 1. The molecule has 0 spiro atoms. The van der Waals surface area contributed by atoms with Gasteiger partial charge < -0.3 is 10.2 Å². The van der Waals surface area contributed by atoms with Crippen molar-refractivity contribution in [3.63, 3.8) is 0 Å². The lowest BCUT2D eigenvalue weighted by molar-refractivity contribution is -0.126. The molecule has 1 amide bonds. The van der Waals surface area contributed by atoms with Crippen molar-refractivity contribution >= 4 is 11.9 Å². The topological polar surface area (TPSA) is 61.4 Å².